The van der Waals surface area contributed by atoms with Crippen LogP contribution in [0.1, 0.15) is 56.5 Å². The van der Waals surface area contributed by atoms with E-state index in [2.05, 4.69) is 24.0 Å². The highest BCUT2D eigenvalue weighted by Crippen LogP contribution is 2.47. The number of carbonyl (C=O) groups excluding carboxylic acids is 1. The van der Waals surface area contributed by atoms with Gasteiger partial charge in [0.25, 0.3) is 0 Å². The van der Waals surface area contributed by atoms with Gasteiger partial charge in [-0.15, -0.1) is 0 Å². The Morgan fingerprint density at radius 2 is 2.13 bits per heavy atom. The molecule has 0 unspecified atom stereocenters. The van der Waals surface area contributed by atoms with Crippen LogP contribution in [0.25, 0.3) is 0 Å². The van der Waals surface area contributed by atoms with E-state index in [0.29, 0.717) is 24.3 Å². The molecule has 2 saturated carbocycles. The zero-order valence-corrected chi connectivity index (χ0v) is 14.0. The largest absolute Gasteiger partial charge is 0.466 e. The fourth-order valence-electron chi connectivity index (χ4n) is 3.67. The standard InChI is InChI=1S/C19H27NO3/c1-13-10-17(13)18-6-4-16(23-18)5-7-19(21)20(15-2-3-15)11-14-8-9-22-12-14/h4,6,13-15,17H,2-3,5,7-12H2,1H3/t13-,14-,17+/m1/s1. The number of amides is 1. The molecule has 2 heterocycles. The second-order valence-electron chi connectivity index (χ2n) is 7.63. The molecule has 23 heavy (non-hydrogen) atoms. The van der Waals surface area contributed by atoms with Crippen molar-refractivity contribution in [1.29, 1.82) is 0 Å². The SMILES string of the molecule is C[C@@H]1C[C@@H]1c1ccc(CCC(=O)N(C[C@H]2CCOC2)C2CC2)o1. The number of ether oxygens (including phenoxy) is 1. The minimum absolute atomic E-state index is 0.289. The maximum absolute atomic E-state index is 12.6. The average Bonchev–Trinajstić information content (AvgIpc) is 3.40. The number of hydrogen-bond donors (Lipinski definition) is 0. The van der Waals surface area contributed by atoms with Crippen molar-refractivity contribution in [1.82, 2.24) is 4.90 Å². The summed E-state index contributed by atoms with van der Waals surface area (Å²) in [5, 5.41) is 0. The summed E-state index contributed by atoms with van der Waals surface area (Å²) in [6, 6.07) is 4.64. The van der Waals surface area contributed by atoms with Crippen molar-refractivity contribution < 1.29 is 13.9 Å². The summed E-state index contributed by atoms with van der Waals surface area (Å²) >= 11 is 0. The monoisotopic (exact) mass is 317 g/mol. The van der Waals surface area contributed by atoms with Gasteiger partial charge in [-0.25, -0.2) is 0 Å². The summed E-state index contributed by atoms with van der Waals surface area (Å²) in [6.45, 7) is 4.81. The van der Waals surface area contributed by atoms with Gasteiger partial charge in [-0.2, -0.15) is 0 Å². The minimum Gasteiger partial charge on any atom is -0.466 e. The molecule has 1 amide bonds. The topological polar surface area (TPSA) is 42.7 Å². The molecule has 4 rings (SSSR count). The highest BCUT2D eigenvalue weighted by atomic mass is 16.5. The average molecular weight is 317 g/mol. The quantitative estimate of drug-likeness (QED) is 0.774. The Morgan fingerprint density at radius 3 is 2.78 bits per heavy atom. The van der Waals surface area contributed by atoms with Crippen LogP contribution in [-0.2, 0) is 16.0 Å². The number of rotatable bonds is 7. The van der Waals surface area contributed by atoms with Crippen molar-refractivity contribution in [3.05, 3.63) is 23.7 Å². The molecule has 0 N–H and O–H groups in total. The van der Waals surface area contributed by atoms with Gasteiger partial charge in [0.1, 0.15) is 11.5 Å². The molecule has 1 aromatic heterocycles. The van der Waals surface area contributed by atoms with Crippen LogP contribution in [0.2, 0.25) is 0 Å². The van der Waals surface area contributed by atoms with Gasteiger partial charge in [0.05, 0.1) is 6.61 Å². The van der Waals surface area contributed by atoms with E-state index >= 15 is 0 Å². The maximum Gasteiger partial charge on any atom is 0.223 e. The predicted molar refractivity (Wildman–Crippen MR) is 87.2 cm³/mol. The lowest BCUT2D eigenvalue weighted by atomic mass is 10.1. The maximum atomic E-state index is 12.6. The number of hydrogen-bond acceptors (Lipinski definition) is 3. The molecule has 3 aliphatic rings. The molecule has 2 aliphatic carbocycles. The van der Waals surface area contributed by atoms with Crippen molar-refractivity contribution in [2.24, 2.45) is 11.8 Å². The Kier molecular flexibility index (Phi) is 4.18. The van der Waals surface area contributed by atoms with Gasteiger partial charge in [-0.1, -0.05) is 6.92 Å². The molecule has 3 atom stereocenters. The van der Waals surface area contributed by atoms with E-state index in [9.17, 15) is 4.79 Å². The third kappa shape index (κ3) is 3.63. The van der Waals surface area contributed by atoms with Crippen LogP contribution in [0, 0.1) is 11.8 Å². The lowest BCUT2D eigenvalue weighted by Gasteiger charge is -2.25. The molecule has 0 bridgehead atoms. The Hall–Kier alpha value is -1.29. The summed E-state index contributed by atoms with van der Waals surface area (Å²) < 4.78 is 11.4. The van der Waals surface area contributed by atoms with Gasteiger partial charge in [0, 0.05) is 43.9 Å². The van der Waals surface area contributed by atoms with Crippen LogP contribution in [0.4, 0.5) is 0 Å². The molecule has 1 saturated heterocycles. The summed E-state index contributed by atoms with van der Waals surface area (Å²) in [5.74, 6) is 4.28. The van der Waals surface area contributed by atoms with E-state index in [1.54, 1.807) is 0 Å². The zero-order valence-electron chi connectivity index (χ0n) is 14.0. The van der Waals surface area contributed by atoms with E-state index in [-0.39, 0.29) is 5.91 Å². The highest BCUT2D eigenvalue weighted by Gasteiger charge is 2.37. The van der Waals surface area contributed by atoms with Crippen LogP contribution in [-0.4, -0.2) is 36.6 Å². The van der Waals surface area contributed by atoms with Crippen LogP contribution >= 0.6 is 0 Å². The first-order chi connectivity index (χ1) is 11.2. The van der Waals surface area contributed by atoms with E-state index in [1.165, 1.54) is 19.3 Å². The minimum atomic E-state index is 0.289. The number of carbonyl (C=O) groups is 1. The second kappa shape index (κ2) is 6.31. The van der Waals surface area contributed by atoms with Crippen molar-refractivity contribution >= 4 is 5.91 Å². The Balaban J connectivity index is 1.29. The Bertz CT molecular complexity index is 557. The first-order valence-corrected chi connectivity index (χ1v) is 9.16. The molecule has 126 valence electrons. The molecule has 4 nitrogen and oxygen atoms in total. The van der Waals surface area contributed by atoms with Crippen LogP contribution in [0.5, 0.6) is 0 Å². The summed E-state index contributed by atoms with van der Waals surface area (Å²) in [7, 11) is 0. The summed E-state index contributed by atoms with van der Waals surface area (Å²) in [5.41, 5.74) is 0. The third-order valence-electron chi connectivity index (χ3n) is 5.53. The smallest absolute Gasteiger partial charge is 0.223 e. The van der Waals surface area contributed by atoms with E-state index in [1.807, 2.05) is 0 Å². The molecule has 0 spiro atoms. The number of nitrogens with zero attached hydrogens (tertiary/aromatic N) is 1. The van der Waals surface area contributed by atoms with Gasteiger partial charge in [0.2, 0.25) is 5.91 Å². The highest BCUT2D eigenvalue weighted by molar-refractivity contribution is 5.77. The van der Waals surface area contributed by atoms with Gasteiger partial charge >= 0.3 is 0 Å². The van der Waals surface area contributed by atoms with Crippen molar-refractivity contribution in [3.8, 4) is 0 Å². The third-order valence-corrected chi connectivity index (χ3v) is 5.53. The van der Waals surface area contributed by atoms with E-state index in [0.717, 1.165) is 50.0 Å². The van der Waals surface area contributed by atoms with Crippen molar-refractivity contribution in [2.75, 3.05) is 19.8 Å². The van der Waals surface area contributed by atoms with Crippen LogP contribution in [0.15, 0.2) is 16.5 Å². The first kappa shape index (κ1) is 15.3. The van der Waals surface area contributed by atoms with Crippen LogP contribution in [0.3, 0.4) is 0 Å². The lowest BCUT2D eigenvalue weighted by molar-refractivity contribution is -0.132. The molecule has 3 fully saturated rings. The fourth-order valence-corrected chi connectivity index (χ4v) is 3.67. The number of aryl methyl sites for hydroxylation is 1. The van der Waals surface area contributed by atoms with Crippen molar-refractivity contribution in [2.45, 2.75) is 57.4 Å². The van der Waals surface area contributed by atoms with Gasteiger partial charge in [0.15, 0.2) is 0 Å². The van der Waals surface area contributed by atoms with Gasteiger partial charge in [-0.3, -0.25) is 4.79 Å². The molecule has 0 aromatic carbocycles. The first-order valence-electron chi connectivity index (χ1n) is 9.16. The molecular formula is C19H27NO3. The number of furan rings is 1. The van der Waals surface area contributed by atoms with Crippen LogP contribution < -0.4 is 0 Å². The molecule has 1 aliphatic heterocycles. The molecule has 1 aromatic rings. The van der Waals surface area contributed by atoms with E-state index < -0.39 is 0 Å². The molecular weight excluding hydrogens is 290 g/mol. The summed E-state index contributed by atoms with van der Waals surface area (Å²) in [4.78, 5) is 14.8. The fraction of sp³-hybridized carbons (Fsp3) is 0.737. The second-order valence-corrected chi connectivity index (χ2v) is 7.63. The van der Waals surface area contributed by atoms with E-state index in [4.69, 9.17) is 9.15 Å². The lowest BCUT2D eigenvalue weighted by Crippen LogP contribution is -2.37. The predicted octanol–water partition coefficient (Wildman–Crippen LogP) is 3.36. The normalized spacial score (nSPS) is 29.7. The zero-order chi connectivity index (χ0) is 15.8. The molecule has 4 heteroatoms. The van der Waals surface area contributed by atoms with Gasteiger partial charge in [-0.05, 0) is 43.7 Å². The van der Waals surface area contributed by atoms with Crippen molar-refractivity contribution in [3.63, 3.8) is 0 Å². The van der Waals surface area contributed by atoms with Gasteiger partial charge < -0.3 is 14.1 Å². The Morgan fingerprint density at radius 1 is 1.30 bits per heavy atom. The molecule has 0 radical (unpaired) electrons. The Labute approximate surface area is 138 Å². The summed E-state index contributed by atoms with van der Waals surface area (Å²) in [6.07, 6.45) is 5.97.